The summed E-state index contributed by atoms with van der Waals surface area (Å²) in [7, 11) is 0. The fraction of sp³-hybridized carbons (Fsp3) is 0.800. The van der Waals surface area contributed by atoms with Gasteiger partial charge in [-0.3, -0.25) is 0 Å². The number of aliphatic hydroxyl groups is 1. The van der Waals surface area contributed by atoms with Gasteiger partial charge in [-0.1, -0.05) is 39.0 Å². The number of hydrogen-bond donors (Lipinski definition) is 1. The van der Waals surface area contributed by atoms with Crippen LogP contribution in [0, 0.1) is 17.3 Å². The Morgan fingerprint density at radius 2 is 1.89 bits per heavy atom. The third-order valence-corrected chi connectivity index (χ3v) is 5.93. The monoisotopic (exact) mass is 280 g/mol. The molecular formula is C15H24N2OS. The highest BCUT2D eigenvalue weighted by Crippen LogP contribution is 2.45. The maximum Gasteiger partial charge on any atom is 0.185 e. The average Bonchev–Trinajstić information content (AvgIpc) is 2.82. The molecule has 3 unspecified atom stereocenters. The van der Waals surface area contributed by atoms with Gasteiger partial charge in [0.05, 0.1) is 16.7 Å². The van der Waals surface area contributed by atoms with Gasteiger partial charge < -0.3 is 10.0 Å². The van der Waals surface area contributed by atoms with Crippen molar-refractivity contribution in [1.29, 1.82) is 0 Å². The van der Waals surface area contributed by atoms with Gasteiger partial charge in [-0.25, -0.2) is 4.98 Å². The molecule has 1 fully saturated rings. The van der Waals surface area contributed by atoms with Crippen molar-refractivity contribution in [1.82, 2.24) is 4.98 Å². The van der Waals surface area contributed by atoms with Crippen molar-refractivity contribution in [3.63, 3.8) is 0 Å². The molecule has 1 aromatic heterocycles. The summed E-state index contributed by atoms with van der Waals surface area (Å²) in [5.74, 6) is 1.48. The van der Waals surface area contributed by atoms with E-state index < -0.39 is 0 Å². The fourth-order valence-corrected chi connectivity index (χ4v) is 4.39. The summed E-state index contributed by atoms with van der Waals surface area (Å²) < 4.78 is 0. The van der Waals surface area contributed by atoms with E-state index in [0.29, 0.717) is 0 Å². The quantitative estimate of drug-likeness (QED) is 0.858. The molecule has 3 nitrogen and oxygen atoms in total. The molecule has 1 N–H and O–H groups in total. The van der Waals surface area contributed by atoms with Gasteiger partial charge in [0.2, 0.25) is 0 Å². The molecule has 1 aromatic rings. The Labute approximate surface area is 119 Å². The largest absolute Gasteiger partial charge is 0.387 e. The van der Waals surface area contributed by atoms with Crippen molar-refractivity contribution >= 4 is 16.5 Å². The molecule has 0 radical (unpaired) electrons. The van der Waals surface area contributed by atoms with Gasteiger partial charge in [0.15, 0.2) is 5.13 Å². The molecule has 106 valence electrons. The van der Waals surface area contributed by atoms with Gasteiger partial charge in [0, 0.05) is 13.1 Å². The maximum absolute atomic E-state index is 10.3. The predicted molar refractivity (Wildman–Crippen MR) is 79.7 cm³/mol. The molecule has 2 heterocycles. The summed E-state index contributed by atoms with van der Waals surface area (Å²) in [5, 5.41) is 11.4. The van der Waals surface area contributed by atoms with Crippen LogP contribution in [0.5, 0.6) is 0 Å². The zero-order valence-electron chi connectivity index (χ0n) is 12.3. The van der Waals surface area contributed by atoms with Crippen LogP contribution in [0.1, 0.15) is 50.8 Å². The predicted octanol–water partition coefficient (Wildman–Crippen LogP) is 3.24. The summed E-state index contributed by atoms with van der Waals surface area (Å²) in [6, 6.07) is 0. The van der Waals surface area contributed by atoms with E-state index in [-0.39, 0.29) is 11.5 Å². The molecule has 0 saturated carbocycles. The second-order valence-corrected chi connectivity index (χ2v) is 8.24. The van der Waals surface area contributed by atoms with Crippen LogP contribution in [0.2, 0.25) is 0 Å². The fourth-order valence-electron chi connectivity index (χ4n) is 3.30. The number of rotatable bonds is 1. The summed E-state index contributed by atoms with van der Waals surface area (Å²) in [6.45, 7) is 11.3. The van der Waals surface area contributed by atoms with Crippen molar-refractivity contribution in [3.05, 3.63) is 10.6 Å². The SMILES string of the molecule is CC1CN(c2nc3c(s2)C(O)CC(C)(C)C3)CC1C. The Balaban J connectivity index is 1.87. The first kappa shape index (κ1) is 13.4. The average molecular weight is 280 g/mol. The zero-order valence-corrected chi connectivity index (χ0v) is 13.1. The van der Waals surface area contributed by atoms with Crippen molar-refractivity contribution in [3.8, 4) is 0 Å². The van der Waals surface area contributed by atoms with Crippen LogP contribution < -0.4 is 4.90 Å². The van der Waals surface area contributed by atoms with E-state index in [9.17, 15) is 5.11 Å². The van der Waals surface area contributed by atoms with E-state index in [4.69, 9.17) is 4.98 Å². The van der Waals surface area contributed by atoms with Gasteiger partial charge in [-0.2, -0.15) is 0 Å². The van der Waals surface area contributed by atoms with E-state index >= 15 is 0 Å². The standard InChI is InChI=1S/C15H24N2OS/c1-9-7-17(8-10(9)2)14-16-11-5-15(3,4)6-12(18)13(11)19-14/h9-10,12,18H,5-8H2,1-4H3. The number of hydrogen-bond acceptors (Lipinski definition) is 4. The second kappa shape index (κ2) is 4.45. The molecule has 1 saturated heterocycles. The molecule has 3 rings (SSSR count). The molecular weight excluding hydrogens is 256 g/mol. The topological polar surface area (TPSA) is 36.4 Å². The summed E-state index contributed by atoms with van der Waals surface area (Å²) in [4.78, 5) is 8.35. The minimum Gasteiger partial charge on any atom is -0.387 e. The Morgan fingerprint density at radius 3 is 2.53 bits per heavy atom. The van der Waals surface area contributed by atoms with Crippen molar-refractivity contribution in [2.24, 2.45) is 17.3 Å². The van der Waals surface area contributed by atoms with E-state index in [1.165, 1.54) is 0 Å². The third kappa shape index (κ3) is 2.40. The highest BCUT2D eigenvalue weighted by Gasteiger charge is 2.36. The van der Waals surface area contributed by atoms with Gasteiger partial charge in [0.1, 0.15) is 0 Å². The highest BCUT2D eigenvalue weighted by molar-refractivity contribution is 7.15. The van der Waals surface area contributed by atoms with Crippen LogP contribution in [0.3, 0.4) is 0 Å². The smallest absolute Gasteiger partial charge is 0.185 e. The Morgan fingerprint density at radius 1 is 1.26 bits per heavy atom. The lowest BCUT2D eigenvalue weighted by molar-refractivity contribution is 0.102. The lowest BCUT2D eigenvalue weighted by Crippen LogP contribution is -2.24. The summed E-state index contributed by atoms with van der Waals surface area (Å²) in [6.07, 6.45) is 1.53. The van der Waals surface area contributed by atoms with E-state index in [1.807, 2.05) is 0 Å². The Hall–Kier alpha value is -0.610. The zero-order chi connectivity index (χ0) is 13.8. The third-order valence-electron chi connectivity index (χ3n) is 4.67. The Kier molecular flexibility index (Phi) is 3.13. The molecule has 1 aliphatic heterocycles. The minimum absolute atomic E-state index is 0.170. The molecule has 1 aliphatic carbocycles. The first-order valence-corrected chi connectivity index (χ1v) is 8.10. The van der Waals surface area contributed by atoms with Crippen LogP contribution >= 0.6 is 11.3 Å². The van der Waals surface area contributed by atoms with Crippen LogP contribution in [-0.4, -0.2) is 23.2 Å². The van der Waals surface area contributed by atoms with E-state index in [0.717, 1.165) is 53.5 Å². The summed E-state index contributed by atoms with van der Waals surface area (Å²) in [5.41, 5.74) is 1.31. The molecule has 0 amide bonds. The first-order chi connectivity index (χ1) is 8.85. The van der Waals surface area contributed by atoms with E-state index in [2.05, 4.69) is 32.6 Å². The van der Waals surface area contributed by atoms with E-state index in [1.54, 1.807) is 11.3 Å². The number of nitrogens with zero attached hydrogens (tertiary/aromatic N) is 2. The molecule has 4 heteroatoms. The van der Waals surface area contributed by atoms with Gasteiger partial charge in [0.25, 0.3) is 0 Å². The van der Waals surface area contributed by atoms with Crippen LogP contribution in [0.25, 0.3) is 0 Å². The maximum atomic E-state index is 10.3. The van der Waals surface area contributed by atoms with Gasteiger partial charge in [-0.15, -0.1) is 0 Å². The number of aliphatic hydroxyl groups excluding tert-OH is 1. The molecule has 0 aromatic carbocycles. The molecule has 0 bridgehead atoms. The Bertz CT molecular complexity index is 472. The normalized spacial score (nSPS) is 33.5. The lowest BCUT2D eigenvalue weighted by Gasteiger charge is -2.31. The molecule has 3 atom stereocenters. The van der Waals surface area contributed by atoms with Crippen molar-refractivity contribution in [2.75, 3.05) is 18.0 Å². The minimum atomic E-state index is -0.317. The van der Waals surface area contributed by atoms with Crippen LogP contribution in [0.15, 0.2) is 0 Å². The van der Waals surface area contributed by atoms with Crippen molar-refractivity contribution < 1.29 is 5.11 Å². The number of thiazole rings is 1. The van der Waals surface area contributed by atoms with Gasteiger partial charge in [-0.05, 0) is 30.1 Å². The van der Waals surface area contributed by atoms with Crippen LogP contribution in [0.4, 0.5) is 5.13 Å². The second-order valence-electron chi connectivity index (χ2n) is 7.23. The van der Waals surface area contributed by atoms with Crippen molar-refractivity contribution in [2.45, 2.75) is 46.6 Å². The first-order valence-electron chi connectivity index (χ1n) is 7.28. The van der Waals surface area contributed by atoms with Crippen LogP contribution in [-0.2, 0) is 6.42 Å². The number of aromatic nitrogens is 1. The van der Waals surface area contributed by atoms with Gasteiger partial charge >= 0.3 is 0 Å². The highest BCUT2D eigenvalue weighted by atomic mass is 32.1. The summed E-state index contributed by atoms with van der Waals surface area (Å²) >= 11 is 1.71. The molecule has 19 heavy (non-hydrogen) atoms. The molecule has 2 aliphatic rings. The molecule has 0 spiro atoms. The number of anilines is 1. The lowest BCUT2D eigenvalue weighted by atomic mass is 9.77. The number of fused-ring (bicyclic) bond motifs is 1.